The van der Waals surface area contributed by atoms with Crippen molar-refractivity contribution in [1.29, 1.82) is 0 Å². The van der Waals surface area contributed by atoms with Gasteiger partial charge in [0.2, 0.25) is 15.9 Å². The Labute approximate surface area is 119 Å². The van der Waals surface area contributed by atoms with Gasteiger partial charge in [0.05, 0.1) is 11.5 Å². The Bertz CT molecular complexity index is 526. The maximum atomic E-state index is 12.0. The highest BCUT2D eigenvalue weighted by atomic mass is 32.2. The highest BCUT2D eigenvalue weighted by molar-refractivity contribution is 7.89. The first-order valence-electron chi connectivity index (χ1n) is 6.42. The van der Waals surface area contributed by atoms with Crippen molar-refractivity contribution in [3.8, 4) is 5.75 Å². The molecule has 20 heavy (non-hydrogen) atoms. The number of carbonyl (C=O) groups excluding carboxylic acids is 1. The first-order chi connectivity index (χ1) is 9.45. The van der Waals surface area contributed by atoms with Crippen molar-refractivity contribution in [2.75, 3.05) is 19.7 Å². The van der Waals surface area contributed by atoms with E-state index < -0.39 is 10.0 Å². The molecule has 0 bridgehead atoms. The third-order valence-corrected chi connectivity index (χ3v) is 3.94. The van der Waals surface area contributed by atoms with E-state index in [1.165, 1.54) is 19.1 Å². The molecular weight excluding hydrogens is 280 g/mol. The lowest BCUT2D eigenvalue weighted by atomic mass is 10.3. The van der Waals surface area contributed by atoms with Crippen LogP contribution in [0.5, 0.6) is 5.75 Å². The first kappa shape index (κ1) is 16.5. The molecule has 1 aromatic carbocycles. The fourth-order valence-electron chi connectivity index (χ4n) is 1.52. The van der Waals surface area contributed by atoms with E-state index in [9.17, 15) is 13.2 Å². The zero-order chi connectivity index (χ0) is 15.0. The van der Waals surface area contributed by atoms with E-state index in [1.54, 1.807) is 12.1 Å². The van der Waals surface area contributed by atoms with Gasteiger partial charge in [-0.25, -0.2) is 13.1 Å². The van der Waals surface area contributed by atoms with Crippen LogP contribution in [-0.4, -0.2) is 34.0 Å². The molecule has 0 aliphatic rings. The number of sulfonamides is 1. The molecule has 0 fully saturated rings. The summed E-state index contributed by atoms with van der Waals surface area (Å²) in [5.74, 6) is 0.511. The van der Waals surface area contributed by atoms with Crippen LogP contribution in [-0.2, 0) is 14.8 Å². The van der Waals surface area contributed by atoms with Crippen LogP contribution in [0.4, 0.5) is 0 Å². The fourth-order valence-corrected chi connectivity index (χ4v) is 2.60. The second kappa shape index (κ2) is 7.86. The topological polar surface area (TPSA) is 84.5 Å². The molecule has 0 aromatic heterocycles. The minimum atomic E-state index is -3.51. The van der Waals surface area contributed by atoms with Crippen LogP contribution in [0.3, 0.4) is 0 Å². The number of benzene rings is 1. The third-order valence-electron chi connectivity index (χ3n) is 2.46. The minimum absolute atomic E-state index is 0.126. The molecule has 0 atom stereocenters. The Morgan fingerprint density at radius 1 is 1.20 bits per heavy atom. The van der Waals surface area contributed by atoms with Crippen LogP contribution >= 0.6 is 0 Å². The van der Waals surface area contributed by atoms with Crippen molar-refractivity contribution in [3.63, 3.8) is 0 Å². The van der Waals surface area contributed by atoms with Gasteiger partial charge >= 0.3 is 0 Å². The Kier molecular flexibility index (Phi) is 6.47. The Balaban J connectivity index is 2.49. The van der Waals surface area contributed by atoms with E-state index in [0.29, 0.717) is 25.3 Å². The maximum absolute atomic E-state index is 12.0. The molecule has 2 N–H and O–H groups in total. The summed E-state index contributed by atoms with van der Waals surface area (Å²) < 4.78 is 31.7. The number of hydrogen-bond acceptors (Lipinski definition) is 4. The number of ether oxygens (including phenoxy) is 1. The van der Waals surface area contributed by atoms with Crippen LogP contribution in [0.1, 0.15) is 20.3 Å². The monoisotopic (exact) mass is 300 g/mol. The molecule has 1 rings (SSSR count). The van der Waals surface area contributed by atoms with Gasteiger partial charge in [-0.2, -0.15) is 0 Å². The van der Waals surface area contributed by atoms with E-state index in [0.717, 1.165) is 0 Å². The highest BCUT2D eigenvalue weighted by Gasteiger charge is 2.12. The molecule has 0 heterocycles. The summed E-state index contributed by atoms with van der Waals surface area (Å²) in [6, 6.07) is 6.24. The van der Waals surface area contributed by atoms with Crippen LogP contribution in [0.15, 0.2) is 29.2 Å². The van der Waals surface area contributed by atoms with E-state index >= 15 is 0 Å². The summed E-state index contributed by atoms with van der Waals surface area (Å²) in [6.45, 7) is 4.54. The lowest BCUT2D eigenvalue weighted by molar-refractivity contribution is -0.118. The highest BCUT2D eigenvalue weighted by Crippen LogP contribution is 2.15. The van der Waals surface area contributed by atoms with Crippen molar-refractivity contribution in [2.24, 2.45) is 0 Å². The number of carbonyl (C=O) groups is 1. The van der Waals surface area contributed by atoms with E-state index in [4.69, 9.17) is 4.74 Å². The summed E-state index contributed by atoms with van der Waals surface area (Å²) in [7, 11) is -3.51. The normalized spacial score (nSPS) is 11.1. The molecule has 1 aromatic rings. The smallest absolute Gasteiger partial charge is 0.240 e. The molecule has 0 radical (unpaired) electrons. The van der Waals surface area contributed by atoms with Gasteiger partial charge in [0.15, 0.2) is 0 Å². The molecule has 0 unspecified atom stereocenters. The van der Waals surface area contributed by atoms with Gasteiger partial charge in [-0.15, -0.1) is 0 Å². The largest absolute Gasteiger partial charge is 0.494 e. The third kappa shape index (κ3) is 5.58. The molecule has 112 valence electrons. The molecule has 0 saturated heterocycles. The maximum Gasteiger partial charge on any atom is 0.240 e. The SMILES string of the molecule is CCOc1ccc(S(=O)(=O)NCCCNC(C)=O)cc1. The van der Waals surface area contributed by atoms with Crippen molar-refractivity contribution >= 4 is 15.9 Å². The van der Waals surface area contributed by atoms with Crippen molar-refractivity contribution in [1.82, 2.24) is 10.0 Å². The van der Waals surface area contributed by atoms with E-state index in [2.05, 4.69) is 10.0 Å². The molecule has 7 heteroatoms. The van der Waals surface area contributed by atoms with Gasteiger partial charge in [-0.3, -0.25) is 4.79 Å². The van der Waals surface area contributed by atoms with Crippen molar-refractivity contribution in [2.45, 2.75) is 25.2 Å². The second-order valence-electron chi connectivity index (χ2n) is 4.14. The molecule has 0 saturated carbocycles. The molecule has 0 aliphatic carbocycles. The van der Waals surface area contributed by atoms with Gasteiger partial charge < -0.3 is 10.1 Å². The standard InChI is InChI=1S/C13H20N2O4S/c1-3-19-12-5-7-13(8-6-12)20(17,18)15-10-4-9-14-11(2)16/h5-8,15H,3-4,9-10H2,1-2H3,(H,14,16). The number of rotatable bonds is 8. The first-order valence-corrected chi connectivity index (χ1v) is 7.91. The van der Waals surface area contributed by atoms with Gasteiger partial charge in [-0.05, 0) is 37.6 Å². The lowest BCUT2D eigenvalue weighted by Gasteiger charge is -2.08. The predicted octanol–water partition coefficient (Wildman–Crippen LogP) is 0.890. The van der Waals surface area contributed by atoms with Crippen LogP contribution in [0.25, 0.3) is 0 Å². The number of amides is 1. The Morgan fingerprint density at radius 3 is 2.40 bits per heavy atom. The van der Waals surface area contributed by atoms with E-state index in [-0.39, 0.29) is 17.3 Å². The van der Waals surface area contributed by atoms with Crippen LogP contribution in [0.2, 0.25) is 0 Å². The Hall–Kier alpha value is -1.60. The average molecular weight is 300 g/mol. The van der Waals surface area contributed by atoms with Crippen LogP contribution in [0, 0.1) is 0 Å². The van der Waals surface area contributed by atoms with Crippen molar-refractivity contribution < 1.29 is 17.9 Å². The van der Waals surface area contributed by atoms with Crippen LogP contribution < -0.4 is 14.8 Å². The fraction of sp³-hybridized carbons (Fsp3) is 0.462. The second-order valence-corrected chi connectivity index (χ2v) is 5.91. The Morgan fingerprint density at radius 2 is 1.85 bits per heavy atom. The average Bonchev–Trinajstić information content (AvgIpc) is 2.39. The summed E-state index contributed by atoms with van der Waals surface area (Å²) >= 11 is 0. The van der Waals surface area contributed by atoms with Crippen molar-refractivity contribution in [3.05, 3.63) is 24.3 Å². The minimum Gasteiger partial charge on any atom is -0.494 e. The van der Waals surface area contributed by atoms with Gasteiger partial charge in [-0.1, -0.05) is 0 Å². The number of hydrogen-bond donors (Lipinski definition) is 2. The lowest BCUT2D eigenvalue weighted by Crippen LogP contribution is -2.28. The number of nitrogens with one attached hydrogen (secondary N) is 2. The summed E-state index contributed by atoms with van der Waals surface area (Å²) in [5.41, 5.74) is 0. The summed E-state index contributed by atoms with van der Waals surface area (Å²) in [6.07, 6.45) is 0.538. The molecular formula is C13H20N2O4S. The zero-order valence-corrected chi connectivity index (χ0v) is 12.5. The molecule has 6 nitrogen and oxygen atoms in total. The summed E-state index contributed by atoms with van der Waals surface area (Å²) in [5, 5.41) is 2.60. The summed E-state index contributed by atoms with van der Waals surface area (Å²) in [4.78, 5) is 10.8. The predicted molar refractivity (Wildman–Crippen MR) is 76.1 cm³/mol. The van der Waals surface area contributed by atoms with Gasteiger partial charge in [0, 0.05) is 20.0 Å². The van der Waals surface area contributed by atoms with Gasteiger partial charge in [0.25, 0.3) is 0 Å². The zero-order valence-electron chi connectivity index (χ0n) is 11.7. The van der Waals surface area contributed by atoms with Gasteiger partial charge in [0.1, 0.15) is 5.75 Å². The molecule has 1 amide bonds. The van der Waals surface area contributed by atoms with E-state index in [1.807, 2.05) is 6.92 Å². The molecule has 0 spiro atoms. The molecule has 0 aliphatic heterocycles. The quantitative estimate of drug-likeness (QED) is 0.698.